The van der Waals surface area contributed by atoms with Crippen LogP contribution in [0.1, 0.15) is 80.3 Å². The Kier molecular flexibility index (Phi) is 8.75. The zero-order valence-corrected chi connectivity index (χ0v) is 28.7. The van der Waals surface area contributed by atoms with Crippen LogP contribution < -0.4 is 9.46 Å². The fraction of sp³-hybridized carbons (Fsp3) is 0.486. The van der Waals surface area contributed by atoms with Gasteiger partial charge in [-0.3, -0.25) is 9.59 Å². The summed E-state index contributed by atoms with van der Waals surface area (Å²) in [5.74, 6) is -0.0260. The zero-order chi connectivity index (χ0) is 33.8. The summed E-state index contributed by atoms with van der Waals surface area (Å²) < 4.78 is 41.5. The predicted octanol–water partition coefficient (Wildman–Crippen LogP) is 4.64. The summed E-state index contributed by atoms with van der Waals surface area (Å²) in [6, 6.07) is 11.2. The molecule has 2 amide bonds. The Bertz CT molecular complexity index is 1870. The number of hydrogen-bond donors (Lipinski definition) is 2. The number of morpholine rings is 1. The molecule has 6 rings (SSSR count). The van der Waals surface area contributed by atoms with Crippen molar-refractivity contribution in [3.8, 4) is 17.0 Å². The van der Waals surface area contributed by atoms with Crippen LogP contribution in [0.15, 0.2) is 42.0 Å². The minimum atomic E-state index is -4.01. The van der Waals surface area contributed by atoms with Gasteiger partial charge in [-0.05, 0) is 87.1 Å². The summed E-state index contributed by atoms with van der Waals surface area (Å²) >= 11 is 0. The SMILES string of the molecule is COc1ccc2c(c1)C=C(C(=O)N1CC(C)OC(O)C1(C)C)Cn1c-2c(C2CCCCC2)c2ccc(C(=O)NS(=O)(=O)N(C)C)cc21. The molecule has 47 heavy (non-hydrogen) atoms. The number of amides is 2. The van der Waals surface area contributed by atoms with Crippen molar-refractivity contribution in [2.75, 3.05) is 27.7 Å². The number of benzene rings is 2. The first kappa shape index (κ1) is 33.2. The Morgan fingerprint density at radius 3 is 2.49 bits per heavy atom. The van der Waals surface area contributed by atoms with Crippen LogP contribution in [0.3, 0.4) is 0 Å². The molecule has 2 aliphatic heterocycles. The van der Waals surface area contributed by atoms with Crippen LogP contribution in [0.2, 0.25) is 0 Å². The minimum absolute atomic E-state index is 0.195. The first-order chi connectivity index (χ1) is 22.2. The van der Waals surface area contributed by atoms with Crippen molar-refractivity contribution >= 4 is 39.0 Å². The molecule has 0 spiro atoms. The van der Waals surface area contributed by atoms with E-state index in [1.54, 1.807) is 38.0 Å². The van der Waals surface area contributed by atoms with E-state index in [2.05, 4.69) is 9.29 Å². The van der Waals surface area contributed by atoms with Gasteiger partial charge in [-0.1, -0.05) is 25.3 Å². The third-order valence-electron chi connectivity index (χ3n) is 9.87. The van der Waals surface area contributed by atoms with Crippen molar-refractivity contribution in [3.63, 3.8) is 0 Å². The molecule has 2 unspecified atom stereocenters. The van der Waals surface area contributed by atoms with Crippen LogP contribution in [-0.2, 0) is 26.3 Å². The Morgan fingerprint density at radius 1 is 1.09 bits per heavy atom. The van der Waals surface area contributed by atoms with Crippen molar-refractivity contribution < 1.29 is 32.6 Å². The number of aliphatic hydroxyl groups is 1. The summed E-state index contributed by atoms with van der Waals surface area (Å²) in [5.41, 5.74) is 4.40. The van der Waals surface area contributed by atoms with E-state index in [9.17, 15) is 23.1 Å². The molecule has 11 nitrogen and oxygen atoms in total. The lowest BCUT2D eigenvalue weighted by Gasteiger charge is -2.47. The van der Waals surface area contributed by atoms with Gasteiger partial charge in [0, 0.05) is 48.2 Å². The second-order valence-electron chi connectivity index (χ2n) is 13.6. The van der Waals surface area contributed by atoms with Gasteiger partial charge in [-0.25, -0.2) is 4.72 Å². The van der Waals surface area contributed by atoms with E-state index in [0.29, 0.717) is 17.9 Å². The van der Waals surface area contributed by atoms with Gasteiger partial charge in [-0.15, -0.1) is 0 Å². The number of rotatable bonds is 6. The number of fused-ring (bicyclic) bond motifs is 5. The maximum atomic E-state index is 14.5. The van der Waals surface area contributed by atoms with Crippen molar-refractivity contribution in [3.05, 3.63) is 58.7 Å². The van der Waals surface area contributed by atoms with E-state index in [-0.39, 0.29) is 30.0 Å². The molecule has 1 saturated carbocycles. The normalized spacial score (nSPS) is 21.5. The molecular formula is C35H44N4O7S. The average molecular weight is 665 g/mol. The van der Waals surface area contributed by atoms with Crippen LogP contribution in [-0.4, -0.2) is 84.8 Å². The van der Waals surface area contributed by atoms with Gasteiger partial charge in [-0.2, -0.15) is 12.7 Å². The van der Waals surface area contributed by atoms with Gasteiger partial charge < -0.3 is 24.0 Å². The van der Waals surface area contributed by atoms with Gasteiger partial charge in [0.2, 0.25) is 0 Å². The quantitative estimate of drug-likeness (QED) is 0.393. The van der Waals surface area contributed by atoms with E-state index in [0.717, 1.165) is 57.7 Å². The molecule has 1 aliphatic carbocycles. The Labute approximate surface area is 276 Å². The molecule has 3 heterocycles. The summed E-state index contributed by atoms with van der Waals surface area (Å²) in [7, 11) is 0.316. The van der Waals surface area contributed by atoms with E-state index in [1.165, 1.54) is 26.1 Å². The predicted molar refractivity (Wildman–Crippen MR) is 180 cm³/mol. The van der Waals surface area contributed by atoms with Crippen LogP contribution in [0.5, 0.6) is 5.75 Å². The Balaban J connectivity index is 1.57. The number of hydrogen-bond acceptors (Lipinski definition) is 7. The van der Waals surface area contributed by atoms with Gasteiger partial charge in [0.15, 0.2) is 6.29 Å². The minimum Gasteiger partial charge on any atom is -0.497 e. The largest absolute Gasteiger partial charge is 0.497 e. The molecule has 1 saturated heterocycles. The van der Waals surface area contributed by atoms with Crippen LogP contribution in [0.25, 0.3) is 28.2 Å². The lowest BCUT2D eigenvalue weighted by atomic mass is 9.81. The maximum absolute atomic E-state index is 14.5. The molecule has 1 aromatic heterocycles. The van der Waals surface area contributed by atoms with E-state index < -0.39 is 27.9 Å². The van der Waals surface area contributed by atoms with Crippen molar-refractivity contribution in [1.29, 1.82) is 0 Å². The molecule has 252 valence electrons. The molecule has 2 fully saturated rings. The monoisotopic (exact) mass is 664 g/mol. The number of nitrogens with one attached hydrogen (secondary N) is 1. The summed E-state index contributed by atoms with van der Waals surface area (Å²) in [4.78, 5) is 29.5. The Morgan fingerprint density at radius 2 is 1.81 bits per heavy atom. The highest BCUT2D eigenvalue weighted by Crippen LogP contribution is 2.47. The molecule has 2 N–H and O–H groups in total. The first-order valence-corrected chi connectivity index (χ1v) is 17.6. The average Bonchev–Trinajstić information content (AvgIpc) is 3.24. The number of nitrogens with zero attached hydrogens (tertiary/aromatic N) is 3. The second-order valence-corrected chi connectivity index (χ2v) is 15.5. The fourth-order valence-electron chi connectivity index (χ4n) is 7.15. The fourth-order valence-corrected chi connectivity index (χ4v) is 7.69. The van der Waals surface area contributed by atoms with Crippen molar-refractivity contribution in [2.45, 2.75) is 83.3 Å². The first-order valence-electron chi connectivity index (χ1n) is 16.2. The highest BCUT2D eigenvalue weighted by molar-refractivity contribution is 7.87. The van der Waals surface area contributed by atoms with Crippen molar-refractivity contribution in [2.24, 2.45) is 0 Å². The van der Waals surface area contributed by atoms with Crippen LogP contribution in [0, 0.1) is 0 Å². The highest BCUT2D eigenvalue weighted by Gasteiger charge is 2.45. The van der Waals surface area contributed by atoms with Gasteiger partial charge in [0.25, 0.3) is 11.8 Å². The van der Waals surface area contributed by atoms with Gasteiger partial charge >= 0.3 is 10.2 Å². The van der Waals surface area contributed by atoms with E-state index in [4.69, 9.17) is 9.47 Å². The molecule has 2 aromatic carbocycles. The molecule has 12 heteroatoms. The zero-order valence-electron chi connectivity index (χ0n) is 27.9. The Hall–Kier alpha value is -3.71. The summed E-state index contributed by atoms with van der Waals surface area (Å²) in [6.07, 6.45) is 5.86. The molecular weight excluding hydrogens is 620 g/mol. The lowest BCUT2D eigenvalue weighted by Crippen LogP contribution is -2.63. The molecule has 3 aromatic rings. The van der Waals surface area contributed by atoms with Crippen LogP contribution >= 0.6 is 0 Å². The summed E-state index contributed by atoms with van der Waals surface area (Å²) in [6.45, 7) is 5.92. The van der Waals surface area contributed by atoms with Gasteiger partial charge in [0.05, 0.1) is 31.0 Å². The maximum Gasteiger partial charge on any atom is 0.303 e. The summed E-state index contributed by atoms with van der Waals surface area (Å²) in [5, 5.41) is 11.8. The third kappa shape index (κ3) is 5.96. The van der Waals surface area contributed by atoms with E-state index in [1.807, 2.05) is 37.3 Å². The topological polar surface area (TPSA) is 130 Å². The highest BCUT2D eigenvalue weighted by atomic mass is 32.2. The number of carbonyl (C=O) groups excluding carboxylic acids is 2. The lowest BCUT2D eigenvalue weighted by molar-refractivity contribution is -0.235. The number of aliphatic hydroxyl groups excluding tert-OH is 1. The van der Waals surface area contributed by atoms with Gasteiger partial charge in [0.1, 0.15) is 5.75 Å². The standard InChI is InChI=1S/C35H44N4O7S/c1-21-19-39(35(2,3)34(42)46-21)33(41)25-16-24-17-26(45-6)13-15-27(24)31-30(22-10-8-7-9-11-22)28-14-12-23(18-29(28)38(31)20-25)32(40)36-47(43,44)37(4)5/h12-18,21-22,34,42H,7-11,19-20H2,1-6H3,(H,36,40). The molecule has 2 atom stereocenters. The number of carbonyl (C=O) groups is 2. The number of aromatic nitrogens is 1. The van der Waals surface area contributed by atoms with E-state index >= 15 is 0 Å². The number of ether oxygens (including phenoxy) is 2. The molecule has 0 radical (unpaired) electrons. The van der Waals surface area contributed by atoms with Crippen LogP contribution in [0.4, 0.5) is 0 Å². The number of methoxy groups -OCH3 is 1. The third-order valence-corrected chi connectivity index (χ3v) is 11.3. The van der Waals surface area contributed by atoms with Crippen molar-refractivity contribution in [1.82, 2.24) is 18.5 Å². The molecule has 3 aliphatic rings. The smallest absolute Gasteiger partial charge is 0.303 e. The second kappa shape index (κ2) is 12.4. The molecule has 0 bridgehead atoms.